The lowest BCUT2D eigenvalue weighted by molar-refractivity contribution is 0.607. The molecular weight excluding hydrogens is 703 g/mol. The summed E-state index contributed by atoms with van der Waals surface area (Å²) < 4.78 is 2.56. The molecule has 58 heavy (non-hydrogen) atoms. The van der Waals surface area contributed by atoms with E-state index in [2.05, 4.69) is 190 Å². The summed E-state index contributed by atoms with van der Waals surface area (Å²) in [5.74, 6) is 0. The second-order valence-electron chi connectivity index (χ2n) is 17.6. The molecule has 4 aromatic carbocycles. The molecule has 3 aliphatic carbocycles. The molecular formula is C55H53N3. The Morgan fingerprint density at radius 3 is 2.34 bits per heavy atom. The molecule has 3 heterocycles. The minimum atomic E-state index is -0.106. The van der Waals surface area contributed by atoms with Crippen molar-refractivity contribution in [2.75, 3.05) is 11.4 Å². The maximum atomic E-state index is 5.04. The van der Waals surface area contributed by atoms with Crippen LogP contribution in [0.1, 0.15) is 104 Å². The smallest absolute Gasteiger partial charge is 0.0497 e. The zero-order valence-electron chi connectivity index (χ0n) is 34.8. The second-order valence-corrected chi connectivity index (χ2v) is 17.6. The van der Waals surface area contributed by atoms with E-state index in [0.29, 0.717) is 0 Å². The van der Waals surface area contributed by atoms with Crippen molar-refractivity contribution in [1.29, 1.82) is 0 Å². The lowest BCUT2D eigenvalue weighted by Gasteiger charge is -2.32. The quantitative estimate of drug-likeness (QED) is 0.198. The molecule has 1 N–H and O–H groups in total. The Balaban J connectivity index is 1.22. The Kier molecular flexibility index (Phi) is 8.46. The lowest BCUT2D eigenvalue weighted by atomic mass is 9.78. The lowest BCUT2D eigenvalue weighted by Crippen LogP contribution is -2.23. The van der Waals surface area contributed by atoms with Crippen molar-refractivity contribution >= 4 is 28.7 Å². The monoisotopic (exact) mass is 755 g/mol. The van der Waals surface area contributed by atoms with Gasteiger partial charge in [0.05, 0.1) is 0 Å². The van der Waals surface area contributed by atoms with Crippen LogP contribution in [0, 0.1) is 6.92 Å². The van der Waals surface area contributed by atoms with E-state index in [4.69, 9.17) is 6.58 Å². The fourth-order valence-electron chi connectivity index (χ4n) is 10.8. The molecule has 0 amide bonds. The number of nitrogens with one attached hydrogen (secondary N) is 1. The van der Waals surface area contributed by atoms with Crippen LogP contribution >= 0.6 is 0 Å². The fourth-order valence-corrected chi connectivity index (χ4v) is 10.8. The first-order valence-corrected chi connectivity index (χ1v) is 21.1. The van der Waals surface area contributed by atoms with Crippen molar-refractivity contribution in [3.05, 3.63) is 201 Å². The van der Waals surface area contributed by atoms with E-state index in [0.717, 1.165) is 49.3 Å². The van der Waals surface area contributed by atoms with E-state index in [-0.39, 0.29) is 10.8 Å². The third-order valence-corrected chi connectivity index (χ3v) is 13.7. The van der Waals surface area contributed by atoms with Crippen molar-refractivity contribution < 1.29 is 0 Å². The number of fused-ring (bicyclic) bond motifs is 8. The Morgan fingerprint density at radius 1 is 0.759 bits per heavy atom. The van der Waals surface area contributed by atoms with Crippen molar-refractivity contribution in [1.82, 2.24) is 9.88 Å². The zero-order chi connectivity index (χ0) is 39.9. The van der Waals surface area contributed by atoms with E-state index >= 15 is 0 Å². The molecule has 0 saturated heterocycles. The van der Waals surface area contributed by atoms with Crippen molar-refractivity contribution in [2.45, 2.75) is 78.1 Å². The first kappa shape index (κ1) is 36.3. The van der Waals surface area contributed by atoms with Gasteiger partial charge in [-0.3, -0.25) is 0 Å². The average Bonchev–Trinajstić information content (AvgIpc) is 3.77. The topological polar surface area (TPSA) is 20.2 Å². The van der Waals surface area contributed by atoms with Crippen LogP contribution in [-0.2, 0) is 17.3 Å². The highest BCUT2D eigenvalue weighted by atomic mass is 15.2. The highest BCUT2D eigenvalue weighted by Crippen LogP contribution is 2.53. The van der Waals surface area contributed by atoms with Crippen LogP contribution in [0.15, 0.2) is 151 Å². The predicted molar refractivity (Wildman–Crippen MR) is 246 cm³/mol. The summed E-state index contributed by atoms with van der Waals surface area (Å²) in [6, 6.07) is 32.3. The number of nitrogens with zero attached hydrogens (tertiary/aromatic N) is 2. The summed E-state index contributed by atoms with van der Waals surface area (Å²) in [6.07, 6.45) is 21.8. The zero-order valence-corrected chi connectivity index (χ0v) is 34.8. The van der Waals surface area contributed by atoms with Gasteiger partial charge in [-0.05, 0) is 120 Å². The molecule has 0 bridgehead atoms. The highest BCUT2D eigenvalue weighted by molar-refractivity contribution is 5.90. The molecule has 1 aromatic heterocycles. The highest BCUT2D eigenvalue weighted by Gasteiger charge is 2.39. The summed E-state index contributed by atoms with van der Waals surface area (Å²) in [6.45, 7) is 19.8. The van der Waals surface area contributed by atoms with Gasteiger partial charge in [0.1, 0.15) is 0 Å². The number of anilines is 2. The third-order valence-electron chi connectivity index (χ3n) is 13.7. The van der Waals surface area contributed by atoms with Gasteiger partial charge >= 0.3 is 0 Å². The van der Waals surface area contributed by atoms with Crippen LogP contribution in [-0.4, -0.2) is 11.1 Å². The van der Waals surface area contributed by atoms with Gasteiger partial charge in [0, 0.05) is 74.8 Å². The average molecular weight is 756 g/mol. The summed E-state index contributed by atoms with van der Waals surface area (Å²) in [4.78, 5) is 2.46. The molecule has 3 nitrogen and oxygen atoms in total. The van der Waals surface area contributed by atoms with Gasteiger partial charge < -0.3 is 14.8 Å². The SMILES string of the molecule is C=C1/C2=C(/NC/C=C\C=C/C2)c2c(C)c(/C=C\C)n(-c3ccc4c(c3)C(C)(C)c3ccccc3-4)c2Cc2ccccc2N1c1ccc2c(c1)C(C)(C)C1=C2C=CCC1. The van der Waals surface area contributed by atoms with E-state index in [1.807, 2.05) is 0 Å². The minimum Gasteiger partial charge on any atom is -0.381 e. The van der Waals surface area contributed by atoms with E-state index in [9.17, 15) is 0 Å². The first-order chi connectivity index (χ1) is 28.1. The molecule has 288 valence electrons. The van der Waals surface area contributed by atoms with Crippen LogP contribution in [0.5, 0.6) is 0 Å². The molecule has 3 heteroatoms. The molecule has 0 fully saturated rings. The number of rotatable bonds is 3. The molecule has 0 unspecified atom stereocenters. The number of allylic oxidation sites excluding steroid dienone is 9. The Labute approximate surface area is 344 Å². The van der Waals surface area contributed by atoms with Gasteiger partial charge in [0.2, 0.25) is 0 Å². The maximum absolute atomic E-state index is 5.04. The van der Waals surface area contributed by atoms with Gasteiger partial charge in [0.25, 0.3) is 0 Å². The number of hydrogen-bond acceptors (Lipinski definition) is 2. The summed E-state index contributed by atoms with van der Waals surface area (Å²) in [5.41, 5.74) is 24.3. The normalized spacial score (nSPS) is 20.9. The Bertz CT molecular complexity index is 2760. The van der Waals surface area contributed by atoms with E-state index in [1.54, 1.807) is 5.57 Å². The van der Waals surface area contributed by atoms with Gasteiger partial charge in [-0.1, -0.05) is 137 Å². The van der Waals surface area contributed by atoms with Crippen LogP contribution in [0.2, 0.25) is 0 Å². The molecule has 0 atom stereocenters. The second kappa shape index (κ2) is 13.5. The van der Waals surface area contributed by atoms with Crippen molar-refractivity contribution in [2.24, 2.45) is 0 Å². The van der Waals surface area contributed by atoms with E-state index in [1.165, 1.54) is 84.0 Å². The summed E-state index contributed by atoms with van der Waals surface area (Å²) in [7, 11) is 0. The molecule has 0 saturated carbocycles. The number of aromatic nitrogens is 1. The first-order valence-electron chi connectivity index (χ1n) is 21.1. The Hall–Kier alpha value is -6.06. The third kappa shape index (κ3) is 5.32. The van der Waals surface area contributed by atoms with Crippen molar-refractivity contribution in [3.63, 3.8) is 0 Å². The minimum absolute atomic E-state index is 0.0371. The van der Waals surface area contributed by atoms with Crippen LogP contribution < -0.4 is 10.2 Å². The van der Waals surface area contributed by atoms with Gasteiger partial charge in [-0.25, -0.2) is 0 Å². The number of para-hydroxylation sites is 1. The molecule has 2 aliphatic heterocycles. The number of benzene rings is 4. The van der Waals surface area contributed by atoms with Gasteiger partial charge in [-0.2, -0.15) is 0 Å². The molecule has 5 aromatic rings. The predicted octanol–water partition coefficient (Wildman–Crippen LogP) is 13.6. The Morgan fingerprint density at radius 2 is 1.48 bits per heavy atom. The van der Waals surface area contributed by atoms with Crippen molar-refractivity contribution in [3.8, 4) is 16.8 Å². The van der Waals surface area contributed by atoms with Gasteiger partial charge in [0.15, 0.2) is 0 Å². The van der Waals surface area contributed by atoms with Crippen LogP contribution in [0.3, 0.4) is 0 Å². The fraction of sp³-hybridized carbons (Fsp3) is 0.236. The standard InChI is InChI=1S/C55H53N3/c1-8-19-49-35(2)52-51(58(49)39-28-30-44-42-23-14-16-25-46(42)55(6,7)48(44)34-39)32-37-20-12-17-26-50(37)57(36(3)40-21-11-9-10-18-31-56-53(40)52)38-27-29-43-41-22-13-15-24-45(41)54(4,5)47(43)33-38/h8-14,16-20,22-23,25-30,33-34,56H,3,15,21,24,31-32H2,1-2,4-7H3/b11-9-,18-10-,19-8-,53-40+. The van der Waals surface area contributed by atoms with Crippen LogP contribution in [0.4, 0.5) is 11.4 Å². The maximum Gasteiger partial charge on any atom is 0.0497 e. The largest absolute Gasteiger partial charge is 0.381 e. The summed E-state index contributed by atoms with van der Waals surface area (Å²) in [5, 5.41) is 3.99. The molecule has 10 rings (SSSR count). The molecule has 0 radical (unpaired) electrons. The summed E-state index contributed by atoms with van der Waals surface area (Å²) >= 11 is 0. The van der Waals surface area contributed by atoms with Gasteiger partial charge in [-0.15, -0.1) is 0 Å². The molecule has 5 aliphatic rings. The number of hydrogen-bond donors (Lipinski definition) is 1. The van der Waals surface area contributed by atoms with E-state index < -0.39 is 0 Å². The molecule has 0 spiro atoms. The van der Waals surface area contributed by atoms with Crippen LogP contribution in [0.25, 0.3) is 34.2 Å².